The fraction of sp³-hybridized carbons (Fsp3) is 1.00. The van der Waals surface area contributed by atoms with Crippen LogP contribution in [-0.4, -0.2) is 5.54 Å². The predicted octanol–water partition coefficient (Wildman–Crippen LogP) is 2.55. The molecule has 0 amide bonds. The van der Waals surface area contributed by atoms with Crippen LogP contribution < -0.4 is 5.73 Å². The van der Waals surface area contributed by atoms with E-state index in [0.717, 1.165) is 17.8 Å². The van der Waals surface area contributed by atoms with Gasteiger partial charge in [-0.1, -0.05) is 13.8 Å². The maximum Gasteiger partial charge on any atom is 0.0183 e. The molecule has 1 nitrogen and oxygen atoms in total. The first-order valence-corrected chi connectivity index (χ1v) is 5.43. The number of nitrogens with two attached hydrogens (primary N) is 1. The van der Waals surface area contributed by atoms with Gasteiger partial charge in [0.2, 0.25) is 0 Å². The summed E-state index contributed by atoms with van der Waals surface area (Å²) in [6.45, 7) is 4.63. The van der Waals surface area contributed by atoms with Crippen LogP contribution in [-0.2, 0) is 0 Å². The molecule has 2 N–H and O–H groups in total. The van der Waals surface area contributed by atoms with E-state index in [-0.39, 0.29) is 5.54 Å². The van der Waals surface area contributed by atoms with Crippen LogP contribution in [0.4, 0.5) is 0 Å². The molecule has 2 unspecified atom stereocenters. The zero-order chi connectivity index (χ0) is 8.77. The second kappa shape index (κ2) is 2.73. The topological polar surface area (TPSA) is 26.0 Å². The third-order valence-corrected chi connectivity index (χ3v) is 4.17. The Bertz CT molecular complexity index is 172. The van der Waals surface area contributed by atoms with E-state index in [1.807, 2.05) is 0 Å². The molecule has 0 aromatic rings. The third kappa shape index (κ3) is 1.19. The van der Waals surface area contributed by atoms with Gasteiger partial charge in [0.1, 0.15) is 0 Å². The summed E-state index contributed by atoms with van der Waals surface area (Å²) in [6.07, 6.45) is 6.73. The molecule has 0 spiro atoms. The van der Waals surface area contributed by atoms with E-state index in [9.17, 15) is 0 Å². The molecule has 12 heavy (non-hydrogen) atoms. The molecule has 3 aliphatic carbocycles. The molecule has 3 aliphatic rings. The predicted molar refractivity (Wildman–Crippen MR) is 51.8 cm³/mol. The Morgan fingerprint density at radius 2 is 2.00 bits per heavy atom. The van der Waals surface area contributed by atoms with Crippen molar-refractivity contribution in [2.45, 2.75) is 51.5 Å². The maximum absolute atomic E-state index is 6.43. The van der Waals surface area contributed by atoms with Crippen LogP contribution in [0, 0.1) is 17.8 Å². The number of hydrogen-bond donors (Lipinski definition) is 1. The summed E-state index contributed by atoms with van der Waals surface area (Å²) in [6, 6.07) is 0. The lowest BCUT2D eigenvalue weighted by Gasteiger charge is -2.43. The number of hydrogen-bond acceptors (Lipinski definition) is 1. The molecule has 0 aromatic carbocycles. The van der Waals surface area contributed by atoms with Crippen molar-refractivity contribution in [2.24, 2.45) is 23.5 Å². The molecule has 2 bridgehead atoms. The van der Waals surface area contributed by atoms with Crippen molar-refractivity contribution < 1.29 is 0 Å². The second-order valence-electron chi connectivity index (χ2n) is 5.17. The lowest BCUT2D eigenvalue weighted by molar-refractivity contribution is 0.117. The standard InChI is InChI=1S/C11H21N/c1-3-11(12)7-8(2)4-9-5-10(11)6-9/h8-10H,3-7,12H2,1-2H3. The molecule has 0 radical (unpaired) electrons. The molecule has 0 aliphatic heterocycles. The van der Waals surface area contributed by atoms with Crippen molar-refractivity contribution in [3.05, 3.63) is 0 Å². The van der Waals surface area contributed by atoms with Gasteiger partial charge in [-0.25, -0.2) is 0 Å². The highest BCUT2D eigenvalue weighted by atomic mass is 14.8. The van der Waals surface area contributed by atoms with Gasteiger partial charge in [-0.2, -0.15) is 0 Å². The lowest BCUT2D eigenvalue weighted by atomic mass is 9.66. The Hall–Kier alpha value is -0.0400. The van der Waals surface area contributed by atoms with Crippen LogP contribution in [0.1, 0.15) is 46.0 Å². The molecule has 3 fully saturated rings. The van der Waals surface area contributed by atoms with Crippen LogP contribution in [0.25, 0.3) is 0 Å². The van der Waals surface area contributed by atoms with E-state index in [1.165, 1.54) is 32.1 Å². The van der Waals surface area contributed by atoms with Gasteiger partial charge in [-0.3, -0.25) is 0 Å². The van der Waals surface area contributed by atoms with E-state index in [1.54, 1.807) is 0 Å². The van der Waals surface area contributed by atoms with Gasteiger partial charge in [-0.05, 0) is 49.9 Å². The van der Waals surface area contributed by atoms with Crippen molar-refractivity contribution in [1.29, 1.82) is 0 Å². The Labute approximate surface area is 75.7 Å². The zero-order valence-corrected chi connectivity index (χ0v) is 8.34. The summed E-state index contributed by atoms with van der Waals surface area (Å²) in [5, 5.41) is 0. The summed E-state index contributed by atoms with van der Waals surface area (Å²) in [7, 11) is 0. The van der Waals surface area contributed by atoms with Gasteiger partial charge in [0.05, 0.1) is 0 Å². The van der Waals surface area contributed by atoms with E-state index < -0.39 is 0 Å². The Morgan fingerprint density at radius 3 is 2.58 bits per heavy atom. The average Bonchev–Trinajstić information content (AvgIpc) is 2.12. The van der Waals surface area contributed by atoms with Gasteiger partial charge in [0.25, 0.3) is 0 Å². The zero-order valence-electron chi connectivity index (χ0n) is 8.34. The fourth-order valence-electron chi connectivity index (χ4n) is 3.30. The molecule has 3 rings (SSSR count). The smallest absolute Gasteiger partial charge is 0.0183 e. The molecule has 2 atom stereocenters. The van der Waals surface area contributed by atoms with Gasteiger partial charge in [-0.15, -0.1) is 0 Å². The minimum atomic E-state index is 0.201. The Balaban J connectivity index is 2.12. The summed E-state index contributed by atoms with van der Waals surface area (Å²) in [4.78, 5) is 0. The lowest BCUT2D eigenvalue weighted by Crippen LogP contribution is -2.50. The normalized spacial score (nSPS) is 52.8. The molecule has 0 aromatic heterocycles. The highest BCUT2D eigenvalue weighted by molar-refractivity contribution is 5.01. The van der Waals surface area contributed by atoms with Crippen LogP contribution in [0.3, 0.4) is 0 Å². The van der Waals surface area contributed by atoms with Crippen molar-refractivity contribution in [1.82, 2.24) is 0 Å². The van der Waals surface area contributed by atoms with Crippen LogP contribution >= 0.6 is 0 Å². The Morgan fingerprint density at radius 1 is 1.33 bits per heavy atom. The van der Waals surface area contributed by atoms with Gasteiger partial charge >= 0.3 is 0 Å². The highest BCUT2D eigenvalue weighted by Crippen LogP contribution is 2.50. The van der Waals surface area contributed by atoms with E-state index in [4.69, 9.17) is 5.73 Å². The SMILES string of the molecule is CCC1(N)CC(C)CC2CC1C2. The average molecular weight is 167 g/mol. The number of rotatable bonds is 1. The Kier molecular flexibility index (Phi) is 1.95. The first-order valence-electron chi connectivity index (χ1n) is 5.43. The van der Waals surface area contributed by atoms with Crippen molar-refractivity contribution >= 4 is 0 Å². The molecule has 70 valence electrons. The quantitative estimate of drug-likeness (QED) is 0.638. The highest BCUT2D eigenvalue weighted by Gasteiger charge is 2.46. The molecule has 3 saturated carbocycles. The summed E-state index contributed by atoms with van der Waals surface area (Å²) in [5.41, 5.74) is 6.63. The van der Waals surface area contributed by atoms with E-state index in [0.29, 0.717) is 0 Å². The minimum absolute atomic E-state index is 0.201. The van der Waals surface area contributed by atoms with Crippen LogP contribution in [0.15, 0.2) is 0 Å². The first kappa shape index (κ1) is 8.55. The molecule has 0 heterocycles. The maximum atomic E-state index is 6.43. The van der Waals surface area contributed by atoms with Gasteiger partial charge in [0.15, 0.2) is 0 Å². The molecule has 0 saturated heterocycles. The van der Waals surface area contributed by atoms with Crippen molar-refractivity contribution in [2.75, 3.05) is 0 Å². The summed E-state index contributed by atoms with van der Waals surface area (Å²) >= 11 is 0. The largest absolute Gasteiger partial charge is 0.325 e. The van der Waals surface area contributed by atoms with Crippen molar-refractivity contribution in [3.8, 4) is 0 Å². The fourth-order valence-corrected chi connectivity index (χ4v) is 3.30. The van der Waals surface area contributed by atoms with Crippen LogP contribution in [0.5, 0.6) is 0 Å². The monoisotopic (exact) mass is 167 g/mol. The van der Waals surface area contributed by atoms with Gasteiger partial charge in [0, 0.05) is 5.54 Å². The summed E-state index contributed by atoms with van der Waals surface area (Å²) < 4.78 is 0. The molecule has 1 heteroatoms. The number of fused-ring (bicyclic) bond motifs is 3. The van der Waals surface area contributed by atoms with Gasteiger partial charge < -0.3 is 5.73 Å². The second-order valence-corrected chi connectivity index (χ2v) is 5.17. The van der Waals surface area contributed by atoms with E-state index in [2.05, 4.69) is 13.8 Å². The van der Waals surface area contributed by atoms with E-state index >= 15 is 0 Å². The molecular weight excluding hydrogens is 146 g/mol. The van der Waals surface area contributed by atoms with Crippen molar-refractivity contribution in [3.63, 3.8) is 0 Å². The first-order chi connectivity index (χ1) is 5.64. The molecular formula is C11H21N. The minimum Gasteiger partial charge on any atom is -0.325 e. The van der Waals surface area contributed by atoms with Crippen LogP contribution in [0.2, 0.25) is 0 Å². The summed E-state index contributed by atoms with van der Waals surface area (Å²) in [5.74, 6) is 2.76. The third-order valence-electron chi connectivity index (χ3n) is 4.17.